The van der Waals surface area contributed by atoms with Gasteiger partial charge in [0.05, 0.1) is 0 Å². The van der Waals surface area contributed by atoms with Crippen LogP contribution in [-0.4, -0.2) is 5.91 Å². The Morgan fingerprint density at radius 3 is 1.87 bits per heavy atom. The minimum Gasteiger partial charge on any atom is -0.322 e. The molecule has 1 N–H and O–H groups in total. The Kier molecular flexibility index (Phi) is 4.53. The number of rotatable bonds is 4. The van der Waals surface area contributed by atoms with Crippen LogP contribution in [0.1, 0.15) is 34.3 Å². The molecule has 1 atom stereocenters. The standard InChI is InChI=1S/C21H19NO/c1-16(17-8-4-2-5-9-17)18-12-14-20(15-13-18)22-21(23)19-10-6-3-7-11-19/h2-16H,1H3,(H,22,23). The second-order valence-electron chi connectivity index (χ2n) is 5.57. The minimum absolute atomic E-state index is 0.0885. The van der Waals surface area contributed by atoms with Crippen molar-refractivity contribution in [3.8, 4) is 0 Å². The Hall–Kier alpha value is -2.87. The number of amides is 1. The number of hydrogen-bond donors (Lipinski definition) is 1. The van der Waals surface area contributed by atoms with Gasteiger partial charge >= 0.3 is 0 Å². The number of benzene rings is 3. The molecular weight excluding hydrogens is 282 g/mol. The normalized spacial score (nSPS) is 11.7. The van der Waals surface area contributed by atoms with E-state index in [1.807, 2.05) is 36.4 Å². The number of nitrogens with one attached hydrogen (secondary N) is 1. The average molecular weight is 301 g/mol. The van der Waals surface area contributed by atoms with E-state index in [0.717, 1.165) is 5.69 Å². The predicted octanol–water partition coefficient (Wildman–Crippen LogP) is 5.09. The van der Waals surface area contributed by atoms with E-state index in [1.165, 1.54) is 11.1 Å². The first-order chi connectivity index (χ1) is 11.2. The second kappa shape index (κ2) is 6.93. The van der Waals surface area contributed by atoms with Crippen LogP contribution in [-0.2, 0) is 0 Å². The molecule has 1 unspecified atom stereocenters. The fraction of sp³-hybridized carbons (Fsp3) is 0.0952. The van der Waals surface area contributed by atoms with Gasteiger partial charge in [-0.1, -0.05) is 67.6 Å². The molecule has 0 saturated heterocycles. The van der Waals surface area contributed by atoms with Gasteiger partial charge in [-0.25, -0.2) is 0 Å². The van der Waals surface area contributed by atoms with E-state index in [9.17, 15) is 4.79 Å². The summed E-state index contributed by atoms with van der Waals surface area (Å²) in [5.41, 5.74) is 3.99. The molecule has 1 amide bonds. The van der Waals surface area contributed by atoms with Gasteiger partial charge < -0.3 is 5.32 Å². The third kappa shape index (κ3) is 3.67. The van der Waals surface area contributed by atoms with Crippen molar-refractivity contribution in [2.75, 3.05) is 5.32 Å². The van der Waals surface area contributed by atoms with Gasteiger partial charge in [0.1, 0.15) is 0 Å². The fourth-order valence-electron chi connectivity index (χ4n) is 2.58. The highest BCUT2D eigenvalue weighted by molar-refractivity contribution is 6.04. The zero-order chi connectivity index (χ0) is 16.1. The maximum absolute atomic E-state index is 12.1. The highest BCUT2D eigenvalue weighted by Crippen LogP contribution is 2.25. The molecule has 0 aromatic heterocycles. The summed E-state index contributed by atoms with van der Waals surface area (Å²) < 4.78 is 0. The topological polar surface area (TPSA) is 29.1 Å². The van der Waals surface area contributed by atoms with E-state index in [0.29, 0.717) is 11.5 Å². The van der Waals surface area contributed by atoms with Crippen LogP contribution < -0.4 is 5.32 Å². The lowest BCUT2D eigenvalue weighted by molar-refractivity contribution is 0.102. The monoisotopic (exact) mass is 301 g/mol. The van der Waals surface area contributed by atoms with Crippen molar-refractivity contribution in [2.24, 2.45) is 0 Å². The van der Waals surface area contributed by atoms with Gasteiger partial charge in [0, 0.05) is 17.2 Å². The molecule has 0 bridgehead atoms. The van der Waals surface area contributed by atoms with Crippen molar-refractivity contribution >= 4 is 11.6 Å². The Labute approximate surface area is 136 Å². The van der Waals surface area contributed by atoms with Gasteiger partial charge in [-0.15, -0.1) is 0 Å². The van der Waals surface area contributed by atoms with Gasteiger partial charge in [-0.05, 0) is 35.4 Å². The van der Waals surface area contributed by atoms with Crippen LogP contribution in [0.4, 0.5) is 5.69 Å². The molecule has 114 valence electrons. The molecule has 3 aromatic rings. The van der Waals surface area contributed by atoms with Crippen molar-refractivity contribution in [1.82, 2.24) is 0 Å². The highest BCUT2D eigenvalue weighted by atomic mass is 16.1. The number of carbonyl (C=O) groups excluding carboxylic acids is 1. The summed E-state index contributed by atoms with van der Waals surface area (Å²) in [7, 11) is 0. The number of hydrogen-bond acceptors (Lipinski definition) is 1. The molecule has 0 fully saturated rings. The molecule has 0 aliphatic carbocycles. The summed E-state index contributed by atoms with van der Waals surface area (Å²) >= 11 is 0. The lowest BCUT2D eigenvalue weighted by Crippen LogP contribution is -2.11. The third-order valence-corrected chi connectivity index (χ3v) is 4.00. The Balaban J connectivity index is 1.71. The molecule has 0 spiro atoms. The molecule has 3 aromatic carbocycles. The third-order valence-electron chi connectivity index (χ3n) is 4.00. The smallest absolute Gasteiger partial charge is 0.255 e. The summed E-state index contributed by atoms with van der Waals surface area (Å²) in [6, 6.07) is 27.7. The maximum Gasteiger partial charge on any atom is 0.255 e. The lowest BCUT2D eigenvalue weighted by atomic mass is 9.93. The highest BCUT2D eigenvalue weighted by Gasteiger charge is 2.09. The van der Waals surface area contributed by atoms with E-state index < -0.39 is 0 Å². The van der Waals surface area contributed by atoms with Crippen LogP contribution >= 0.6 is 0 Å². The molecule has 23 heavy (non-hydrogen) atoms. The molecule has 0 radical (unpaired) electrons. The molecule has 0 aliphatic rings. The predicted molar refractivity (Wildman–Crippen MR) is 94.8 cm³/mol. The number of carbonyl (C=O) groups is 1. The fourth-order valence-corrected chi connectivity index (χ4v) is 2.58. The molecule has 2 heteroatoms. The van der Waals surface area contributed by atoms with Crippen LogP contribution in [0.15, 0.2) is 84.9 Å². The summed E-state index contributed by atoms with van der Waals surface area (Å²) in [6.07, 6.45) is 0. The minimum atomic E-state index is -0.0885. The van der Waals surface area contributed by atoms with Crippen molar-refractivity contribution in [3.63, 3.8) is 0 Å². The Bertz CT molecular complexity index is 764. The van der Waals surface area contributed by atoms with Crippen molar-refractivity contribution in [3.05, 3.63) is 102 Å². The van der Waals surface area contributed by atoms with Gasteiger partial charge in [-0.3, -0.25) is 4.79 Å². The van der Waals surface area contributed by atoms with Crippen molar-refractivity contribution in [1.29, 1.82) is 0 Å². The van der Waals surface area contributed by atoms with E-state index >= 15 is 0 Å². The van der Waals surface area contributed by atoms with Gasteiger partial charge in [0.15, 0.2) is 0 Å². The average Bonchev–Trinajstić information content (AvgIpc) is 2.63. The van der Waals surface area contributed by atoms with E-state index in [2.05, 4.69) is 48.6 Å². The van der Waals surface area contributed by atoms with Crippen LogP contribution in [0.25, 0.3) is 0 Å². The lowest BCUT2D eigenvalue weighted by Gasteiger charge is -2.13. The largest absolute Gasteiger partial charge is 0.322 e. The molecule has 0 heterocycles. The zero-order valence-electron chi connectivity index (χ0n) is 13.1. The zero-order valence-corrected chi connectivity index (χ0v) is 13.1. The first kappa shape index (κ1) is 15.0. The first-order valence-electron chi connectivity index (χ1n) is 7.75. The quantitative estimate of drug-likeness (QED) is 0.714. The molecule has 2 nitrogen and oxygen atoms in total. The van der Waals surface area contributed by atoms with Gasteiger partial charge in [-0.2, -0.15) is 0 Å². The molecular formula is C21H19NO. The van der Waals surface area contributed by atoms with E-state index in [4.69, 9.17) is 0 Å². The Morgan fingerprint density at radius 2 is 1.26 bits per heavy atom. The van der Waals surface area contributed by atoms with Crippen LogP contribution in [0.5, 0.6) is 0 Å². The summed E-state index contributed by atoms with van der Waals surface area (Å²) in [4.78, 5) is 12.1. The van der Waals surface area contributed by atoms with Crippen LogP contribution in [0.2, 0.25) is 0 Å². The Morgan fingerprint density at radius 1 is 0.739 bits per heavy atom. The molecule has 0 saturated carbocycles. The summed E-state index contributed by atoms with van der Waals surface area (Å²) in [6.45, 7) is 2.19. The number of anilines is 1. The van der Waals surface area contributed by atoms with Crippen LogP contribution in [0.3, 0.4) is 0 Å². The van der Waals surface area contributed by atoms with E-state index in [1.54, 1.807) is 12.1 Å². The van der Waals surface area contributed by atoms with Crippen molar-refractivity contribution in [2.45, 2.75) is 12.8 Å². The molecule has 3 rings (SSSR count). The summed E-state index contributed by atoms with van der Waals surface area (Å²) in [5, 5.41) is 2.93. The first-order valence-corrected chi connectivity index (χ1v) is 7.75. The molecule has 0 aliphatic heterocycles. The second-order valence-corrected chi connectivity index (χ2v) is 5.57. The summed E-state index contributed by atoms with van der Waals surface area (Å²) in [5.74, 6) is 0.240. The van der Waals surface area contributed by atoms with Gasteiger partial charge in [0.2, 0.25) is 0 Å². The maximum atomic E-state index is 12.1. The SMILES string of the molecule is CC(c1ccccc1)c1ccc(NC(=O)c2ccccc2)cc1. The van der Waals surface area contributed by atoms with Gasteiger partial charge in [0.25, 0.3) is 5.91 Å². The van der Waals surface area contributed by atoms with Crippen LogP contribution in [0, 0.1) is 0 Å². The van der Waals surface area contributed by atoms with E-state index in [-0.39, 0.29) is 5.91 Å². The van der Waals surface area contributed by atoms with Crippen molar-refractivity contribution < 1.29 is 4.79 Å².